The minimum absolute atomic E-state index is 0.0907. The third kappa shape index (κ3) is 5.89. The van der Waals surface area contributed by atoms with E-state index in [1.165, 1.54) is 20.3 Å². The molecule has 1 aliphatic heterocycles. The number of aryl methyl sites for hydroxylation is 1. The van der Waals surface area contributed by atoms with Gasteiger partial charge in [0.15, 0.2) is 18.1 Å². The number of halogens is 1. The van der Waals surface area contributed by atoms with Crippen LogP contribution in [0.2, 0.25) is 5.02 Å². The SMILES string of the molecule is COC(=O)COc1c(/C=C2/SC(=O)N(CC(=O)Nc3cc(Cl)ccc3C)C2=O)cccc1OC. The van der Waals surface area contributed by atoms with E-state index in [1.54, 1.807) is 43.3 Å². The molecule has 1 heterocycles. The molecule has 178 valence electrons. The van der Waals surface area contributed by atoms with Crippen molar-refractivity contribution in [2.24, 2.45) is 0 Å². The molecule has 1 N–H and O–H groups in total. The van der Waals surface area contributed by atoms with Gasteiger partial charge in [0.2, 0.25) is 5.91 Å². The fraction of sp³-hybridized carbons (Fsp3) is 0.217. The Labute approximate surface area is 205 Å². The van der Waals surface area contributed by atoms with Crippen molar-refractivity contribution in [1.82, 2.24) is 4.90 Å². The van der Waals surface area contributed by atoms with Crippen LogP contribution in [0.4, 0.5) is 10.5 Å². The van der Waals surface area contributed by atoms with E-state index in [-0.39, 0.29) is 17.3 Å². The maximum absolute atomic E-state index is 12.9. The Kier molecular flexibility index (Phi) is 8.19. The van der Waals surface area contributed by atoms with E-state index in [2.05, 4.69) is 10.1 Å². The standard InChI is InChI=1S/C23H21ClN2O7S/c1-13-7-8-15(24)10-16(13)25-19(27)11-26-22(29)18(34-23(26)30)9-14-5-4-6-17(31-2)21(14)33-12-20(28)32-3/h4-10H,11-12H2,1-3H3,(H,25,27)/b18-9+. The zero-order valence-corrected chi connectivity index (χ0v) is 20.1. The highest BCUT2D eigenvalue weighted by molar-refractivity contribution is 8.18. The number of methoxy groups -OCH3 is 2. The van der Waals surface area contributed by atoms with Crippen molar-refractivity contribution >= 4 is 58.1 Å². The van der Waals surface area contributed by atoms with Crippen LogP contribution in [0.3, 0.4) is 0 Å². The number of esters is 1. The lowest BCUT2D eigenvalue weighted by molar-refractivity contribution is -0.143. The van der Waals surface area contributed by atoms with Crippen LogP contribution in [0.1, 0.15) is 11.1 Å². The predicted octanol–water partition coefficient (Wildman–Crippen LogP) is 3.88. The number of carbonyl (C=O) groups excluding carboxylic acids is 4. The van der Waals surface area contributed by atoms with E-state index in [9.17, 15) is 19.2 Å². The van der Waals surface area contributed by atoms with Crippen molar-refractivity contribution < 1.29 is 33.4 Å². The number of nitrogens with one attached hydrogen (secondary N) is 1. The molecule has 2 aromatic carbocycles. The minimum Gasteiger partial charge on any atom is -0.493 e. The van der Waals surface area contributed by atoms with Gasteiger partial charge in [0.05, 0.1) is 19.1 Å². The number of amides is 3. The summed E-state index contributed by atoms with van der Waals surface area (Å²) in [4.78, 5) is 50.3. The summed E-state index contributed by atoms with van der Waals surface area (Å²) in [7, 11) is 2.66. The highest BCUT2D eigenvalue weighted by atomic mass is 35.5. The molecule has 0 atom stereocenters. The zero-order chi connectivity index (χ0) is 24.8. The normalized spacial score (nSPS) is 14.4. The molecular weight excluding hydrogens is 484 g/mol. The van der Waals surface area contributed by atoms with Crippen molar-refractivity contribution in [3.63, 3.8) is 0 Å². The van der Waals surface area contributed by atoms with Crippen LogP contribution >= 0.6 is 23.4 Å². The van der Waals surface area contributed by atoms with E-state index < -0.39 is 29.6 Å². The topological polar surface area (TPSA) is 111 Å². The molecule has 1 saturated heterocycles. The van der Waals surface area contributed by atoms with Gasteiger partial charge >= 0.3 is 5.97 Å². The number of para-hydroxylation sites is 1. The van der Waals surface area contributed by atoms with Crippen molar-refractivity contribution in [3.05, 3.63) is 57.5 Å². The summed E-state index contributed by atoms with van der Waals surface area (Å²) < 4.78 is 15.4. The second-order valence-corrected chi connectivity index (χ2v) is 8.45. The number of rotatable bonds is 8. The van der Waals surface area contributed by atoms with Gasteiger partial charge in [0.25, 0.3) is 11.1 Å². The van der Waals surface area contributed by atoms with Gasteiger partial charge in [-0.25, -0.2) is 4.79 Å². The summed E-state index contributed by atoms with van der Waals surface area (Å²) >= 11 is 6.66. The smallest absolute Gasteiger partial charge is 0.343 e. The van der Waals surface area contributed by atoms with Crippen LogP contribution in [0.15, 0.2) is 41.3 Å². The molecule has 0 radical (unpaired) electrons. The zero-order valence-electron chi connectivity index (χ0n) is 18.5. The molecule has 3 rings (SSSR count). The molecule has 0 bridgehead atoms. The summed E-state index contributed by atoms with van der Waals surface area (Å²) in [5, 5.41) is 2.52. The first kappa shape index (κ1) is 25.1. The van der Waals surface area contributed by atoms with E-state index in [0.29, 0.717) is 33.8 Å². The first-order valence-corrected chi connectivity index (χ1v) is 11.1. The lowest BCUT2D eigenvalue weighted by Crippen LogP contribution is -2.36. The summed E-state index contributed by atoms with van der Waals surface area (Å²) in [6.07, 6.45) is 1.44. The monoisotopic (exact) mass is 504 g/mol. The molecule has 0 aromatic heterocycles. The highest BCUT2D eigenvalue weighted by Gasteiger charge is 2.36. The van der Waals surface area contributed by atoms with Gasteiger partial charge in [-0.15, -0.1) is 0 Å². The van der Waals surface area contributed by atoms with Gasteiger partial charge in [-0.3, -0.25) is 19.3 Å². The molecule has 3 amide bonds. The quantitative estimate of drug-likeness (QED) is 0.426. The van der Waals surface area contributed by atoms with Crippen LogP contribution < -0.4 is 14.8 Å². The second-order valence-electron chi connectivity index (χ2n) is 7.02. The van der Waals surface area contributed by atoms with Gasteiger partial charge in [-0.1, -0.05) is 29.8 Å². The summed E-state index contributed by atoms with van der Waals surface area (Å²) in [6, 6.07) is 9.95. The highest BCUT2D eigenvalue weighted by Crippen LogP contribution is 2.37. The summed E-state index contributed by atoms with van der Waals surface area (Å²) in [5.74, 6) is -1.24. The van der Waals surface area contributed by atoms with Crippen molar-refractivity contribution in [2.75, 3.05) is 32.7 Å². The van der Waals surface area contributed by atoms with E-state index in [4.69, 9.17) is 21.1 Å². The van der Waals surface area contributed by atoms with Crippen LogP contribution in [0, 0.1) is 6.92 Å². The molecule has 1 aliphatic rings. The van der Waals surface area contributed by atoms with E-state index >= 15 is 0 Å². The Hall–Kier alpha value is -3.50. The largest absolute Gasteiger partial charge is 0.493 e. The number of nitrogens with zero attached hydrogens (tertiary/aromatic N) is 1. The van der Waals surface area contributed by atoms with Crippen molar-refractivity contribution in [2.45, 2.75) is 6.92 Å². The number of benzene rings is 2. The number of thioether (sulfide) groups is 1. The molecule has 11 heteroatoms. The van der Waals surface area contributed by atoms with Crippen molar-refractivity contribution in [3.8, 4) is 11.5 Å². The number of carbonyl (C=O) groups is 4. The van der Waals surface area contributed by atoms with Crippen LogP contribution in [0.5, 0.6) is 11.5 Å². The van der Waals surface area contributed by atoms with Gasteiger partial charge in [0, 0.05) is 16.3 Å². The first-order chi connectivity index (χ1) is 16.2. The lowest BCUT2D eigenvalue weighted by atomic mass is 10.1. The Morgan fingerprint density at radius 2 is 1.94 bits per heavy atom. The molecule has 0 unspecified atom stereocenters. The van der Waals surface area contributed by atoms with E-state index in [0.717, 1.165) is 10.5 Å². The van der Waals surface area contributed by atoms with Crippen LogP contribution in [0.25, 0.3) is 6.08 Å². The Morgan fingerprint density at radius 1 is 1.18 bits per heavy atom. The number of anilines is 1. The Morgan fingerprint density at radius 3 is 2.65 bits per heavy atom. The third-order valence-corrected chi connectivity index (χ3v) is 5.87. The fourth-order valence-corrected chi connectivity index (χ4v) is 3.99. The third-order valence-electron chi connectivity index (χ3n) is 4.73. The average molecular weight is 505 g/mol. The van der Waals surface area contributed by atoms with Crippen molar-refractivity contribution in [1.29, 1.82) is 0 Å². The number of hydrogen-bond donors (Lipinski definition) is 1. The number of hydrogen-bond acceptors (Lipinski definition) is 8. The summed E-state index contributed by atoms with van der Waals surface area (Å²) in [5.41, 5.74) is 1.68. The predicted molar refractivity (Wildman–Crippen MR) is 128 cm³/mol. The average Bonchev–Trinajstić information content (AvgIpc) is 3.07. The molecule has 34 heavy (non-hydrogen) atoms. The van der Waals surface area contributed by atoms with Gasteiger partial charge in [-0.05, 0) is 48.5 Å². The Bertz CT molecular complexity index is 1180. The summed E-state index contributed by atoms with van der Waals surface area (Å²) in [6.45, 7) is 0.961. The molecule has 9 nitrogen and oxygen atoms in total. The minimum atomic E-state index is -0.630. The number of imide groups is 1. The molecule has 0 spiro atoms. The van der Waals surface area contributed by atoms with E-state index in [1.807, 2.05) is 0 Å². The molecule has 0 aliphatic carbocycles. The molecule has 2 aromatic rings. The number of ether oxygens (including phenoxy) is 3. The van der Waals surface area contributed by atoms with Crippen LogP contribution in [-0.2, 0) is 19.1 Å². The van der Waals surface area contributed by atoms with Gasteiger partial charge in [0.1, 0.15) is 6.54 Å². The maximum atomic E-state index is 12.9. The van der Waals surface area contributed by atoms with Gasteiger partial charge in [-0.2, -0.15) is 0 Å². The van der Waals surface area contributed by atoms with Crippen LogP contribution in [-0.4, -0.2) is 55.3 Å². The maximum Gasteiger partial charge on any atom is 0.343 e. The first-order valence-electron chi connectivity index (χ1n) is 9.91. The lowest BCUT2D eigenvalue weighted by Gasteiger charge is -2.14. The molecular formula is C23H21ClN2O7S. The second kappa shape index (κ2) is 11.1. The molecule has 1 fully saturated rings. The Balaban J connectivity index is 1.79. The van der Waals surface area contributed by atoms with Gasteiger partial charge < -0.3 is 19.5 Å². The fourth-order valence-electron chi connectivity index (χ4n) is 2.99. The molecule has 0 saturated carbocycles.